The Morgan fingerprint density at radius 2 is 2.11 bits per heavy atom. The molecule has 2 unspecified atom stereocenters. The lowest BCUT2D eigenvalue weighted by Gasteiger charge is -2.22. The summed E-state index contributed by atoms with van der Waals surface area (Å²) in [6.07, 6.45) is 5.22. The average Bonchev–Trinajstić information content (AvgIpc) is 2.76. The number of rotatable bonds is 4. The average molecular weight is 267 g/mol. The molecule has 0 heterocycles. The molecule has 2 nitrogen and oxygen atoms in total. The van der Waals surface area contributed by atoms with E-state index in [9.17, 15) is 0 Å². The van der Waals surface area contributed by atoms with Crippen molar-refractivity contribution in [3.05, 3.63) is 23.2 Å². The van der Waals surface area contributed by atoms with Gasteiger partial charge in [-0.3, -0.25) is 0 Å². The molecule has 1 saturated carbocycles. The number of hydrogen-bond acceptors (Lipinski definition) is 2. The molecule has 1 aliphatic rings. The number of hydrogen-bond donors (Lipinski definition) is 1. The summed E-state index contributed by atoms with van der Waals surface area (Å²) in [7, 11) is 4.08. The molecule has 0 bridgehead atoms. The van der Waals surface area contributed by atoms with Gasteiger partial charge in [0.05, 0.1) is 16.4 Å². The fraction of sp³-hybridized carbons (Fsp3) is 0.600. The lowest BCUT2D eigenvalue weighted by molar-refractivity contribution is 0.525. The van der Waals surface area contributed by atoms with Crippen molar-refractivity contribution >= 4 is 23.0 Å². The van der Waals surface area contributed by atoms with Crippen LogP contribution < -0.4 is 10.2 Å². The quantitative estimate of drug-likeness (QED) is 0.869. The van der Waals surface area contributed by atoms with Crippen molar-refractivity contribution in [1.29, 1.82) is 0 Å². The van der Waals surface area contributed by atoms with Gasteiger partial charge in [0.15, 0.2) is 0 Å². The Balaban J connectivity index is 2.12. The molecular formula is C15H23ClN2. The summed E-state index contributed by atoms with van der Waals surface area (Å²) in [6, 6.07) is 6.70. The lowest BCUT2D eigenvalue weighted by Crippen LogP contribution is -2.19. The van der Waals surface area contributed by atoms with Crippen molar-refractivity contribution in [2.45, 2.75) is 38.6 Å². The molecule has 1 N–H and O–H groups in total. The Labute approximate surface area is 115 Å². The zero-order valence-corrected chi connectivity index (χ0v) is 12.3. The second-order valence-electron chi connectivity index (χ2n) is 5.46. The Hall–Kier alpha value is -0.890. The molecule has 1 aliphatic carbocycles. The van der Waals surface area contributed by atoms with E-state index in [0.29, 0.717) is 6.04 Å². The molecule has 2 atom stereocenters. The van der Waals surface area contributed by atoms with Gasteiger partial charge in [0, 0.05) is 20.1 Å². The van der Waals surface area contributed by atoms with Gasteiger partial charge >= 0.3 is 0 Å². The van der Waals surface area contributed by atoms with Crippen LogP contribution in [0.2, 0.25) is 5.02 Å². The molecule has 0 amide bonds. The van der Waals surface area contributed by atoms with Gasteiger partial charge in [0.2, 0.25) is 0 Å². The SMILES string of the molecule is CCC1CCC(Nc2cccc(Cl)c2N(C)C)C1. The van der Waals surface area contributed by atoms with Gasteiger partial charge < -0.3 is 10.2 Å². The van der Waals surface area contributed by atoms with E-state index >= 15 is 0 Å². The summed E-state index contributed by atoms with van der Waals surface area (Å²) in [5.41, 5.74) is 2.26. The molecular weight excluding hydrogens is 244 g/mol. The van der Waals surface area contributed by atoms with Crippen LogP contribution in [0.5, 0.6) is 0 Å². The summed E-state index contributed by atoms with van der Waals surface area (Å²) >= 11 is 6.28. The highest BCUT2D eigenvalue weighted by Gasteiger charge is 2.24. The predicted octanol–water partition coefficient (Wildman–Crippen LogP) is 4.40. The molecule has 1 aromatic rings. The summed E-state index contributed by atoms with van der Waals surface area (Å²) in [5, 5.41) is 4.48. The van der Waals surface area contributed by atoms with Gasteiger partial charge in [-0.05, 0) is 37.3 Å². The van der Waals surface area contributed by atoms with Crippen LogP contribution in [0.4, 0.5) is 11.4 Å². The number of nitrogens with one attached hydrogen (secondary N) is 1. The molecule has 1 fully saturated rings. The standard InChI is InChI=1S/C15H23ClN2/c1-4-11-8-9-12(10-11)17-14-7-5-6-13(16)15(14)18(2)3/h5-7,11-12,17H,4,8-10H2,1-3H3. The molecule has 1 aromatic carbocycles. The normalized spacial score (nSPS) is 23.1. The number of benzene rings is 1. The summed E-state index contributed by atoms with van der Waals surface area (Å²) in [6.45, 7) is 2.29. The maximum Gasteiger partial charge on any atom is 0.0786 e. The monoisotopic (exact) mass is 266 g/mol. The van der Waals surface area contributed by atoms with Crippen LogP contribution in [0.25, 0.3) is 0 Å². The zero-order chi connectivity index (χ0) is 13.1. The van der Waals surface area contributed by atoms with Crippen LogP contribution in [-0.2, 0) is 0 Å². The molecule has 0 saturated heterocycles. The fourth-order valence-electron chi connectivity index (χ4n) is 2.88. The Morgan fingerprint density at radius 3 is 2.72 bits per heavy atom. The Morgan fingerprint density at radius 1 is 1.33 bits per heavy atom. The molecule has 0 aliphatic heterocycles. The zero-order valence-electron chi connectivity index (χ0n) is 11.5. The van der Waals surface area contributed by atoms with Gasteiger partial charge in [0.25, 0.3) is 0 Å². The summed E-state index contributed by atoms with van der Waals surface area (Å²) < 4.78 is 0. The molecule has 3 heteroatoms. The minimum absolute atomic E-state index is 0.604. The van der Waals surface area contributed by atoms with Crippen molar-refractivity contribution < 1.29 is 0 Å². The van der Waals surface area contributed by atoms with Gasteiger partial charge in [0.1, 0.15) is 0 Å². The van der Waals surface area contributed by atoms with E-state index in [2.05, 4.69) is 23.2 Å². The third-order valence-electron chi connectivity index (χ3n) is 3.91. The molecule has 100 valence electrons. The van der Waals surface area contributed by atoms with Gasteiger partial charge in [-0.2, -0.15) is 0 Å². The number of anilines is 2. The van der Waals surface area contributed by atoms with Crippen molar-refractivity contribution in [2.75, 3.05) is 24.3 Å². The van der Waals surface area contributed by atoms with E-state index in [1.165, 1.54) is 25.7 Å². The van der Waals surface area contributed by atoms with E-state index in [1.807, 2.05) is 26.2 Å². The van der Waals surface area contributed by atoms with Crippen LogP contribution in [0.1, 0.15) is 32.6 Å². The highest BCUT2D eigenvalue weighted by Crippen LogP contribution is 2.36. The van der Waals surface area contributed by atoms with Crippen molar-refractivity contribution in [2.24, 2.45) is 5.92 Å². The van der Waals surface area contributed by atoms with Gasteiger partial charge in [-0.25, -0.2) is 0 Å². The molecule has 0 spiro atoms. The van der Waals surface area contributed by atoms with Gasteiger partial charge in [-0.1, -0.05) is 31.0 Å². The maximum atomic E-state index is 6.28. The first-order valence-corrected chi connectivity index (χ1v) is 7.22. The first kappa shape index (κ1) is 13.5. The van der Waals surface area contributed by atoms with E-state index < -0.39 is 0 Å². The van der Waals surface area contributed by atoms with Crippen molar-refractivity contribution in [1.82, 2.24) is 0 Å². The third kappa shape index (κ3) is 2.92. The highest BCUT2D eigenvalue weighted by molar-refractivity contribution is 6.34. The van der Waals surface area contributed by atoms with Gasteiger partial charge in [-0.15, -0.1) is 0 Å². The van der Waals surface area contributed by atoms with Crippen LogP contribution in [0.3, 0.4) is 0 Å². The van der Waals surface area contributed by atoms with Crippen molar-refractivity contribution in [3.8, 4) is 0 Å². The van der Waals surface area contributed by atoms with E-state index in [4.69, 9.17) is 11.6 Å². The minimum Gasteiger partial charge on any atom is -0.381 e. The number of para-hydroxylation sites is 1. The smallest absolute Gasteiger partial charge is 0.0786 e. The number of halogens is 1. The molecule has 18 heavy (non-hydrogen) atoms. The Kier molecular flexibility index (Phi) is 4.39. The van der Waals surface area contributed by atoms with Crippen LogP contribution in [0.15, 0.2) is 18.2 Å². The third-order valence-corrected chi connectivity index (χ3v) is 4.22. The number of nitrogens with zero attached hydrogens (tertiary/aromatic N) is 1. The van der Waals surface area contributed by atoms with E-state index in [0.717, 1.165) is 22.3 Å². The first-order valence-electron chi connectivity index (χ1n) is 6.84. The van der Waals surface area contributed by atoms with E-state index in [1.54, 1.807) is 0 Å². The summed E-state index contributed by atoms with van der Waals surface area (Å²) in [4.78, 5) is 2.08. The van der Waals surface area contributed by atoms with Crippen LogP contribution in [-0.4, -0.2) is 20.1 Å². The molecule has 0 aromatic heterocycles. The summed E-state index contributed by atoms with van der Waals surface area (Å²) in [5.74, 6) is 0.893. The minimum atomic E-state index is 0.604. The van der Waals surface area contributed by atoms with Crippen molar-refractivity contribution in [3.63, 3.8) is 0 Å². The largest absolute Gasteiger partial charge is 0.381 e. The first-order chi connectivity index (χ1) is 8.61. The lowest BCUT2D eigenvalue weighted by atomic mass is 10.1. The molecule has 0 radical (unpaired) electrons. The maximum absolute atomic E-state index is 6.28. The van der Waals surface area contributed by atoms with Crippen LogP contribution in [0, 0.1) is 5.92 Å². The topological polar surface area (TPSA) is 15.3 Å². The van der Waals surface area contributed by atoms with E-state index in [-0.39, 0.29) is 0 Å². The Bertz CT molecular complexity index is 403. The van der Waals surface area contributed by atoms with Crippen LogP contribution >= 0.6 is 11.6 Å². The fourth-order valence-corrected chi connectivity index (χ4v) is 3.23. The second kappa shape index (κ2) is 5.83. The molecule has 2 rings (SSSR count). The highest BCUT2D eigenvalue weighted by atomic mass is 35.5. The second-order valence-corrected chi connectivity index (χ2v) is 5.87. The predicted molar refractivity (Wildman–Crippen MR) is 80.8 cm³/mol.